The molecule has 4 heteroatoms. The summed E-state index contributed by atoms with van der Waals surface area (Å²) in [5.74, 6) is 0. The van der Waals surface area contributed by atoms with Gasteiger partial charge in [-0.1, -0.05) is 0 Å². The first-order valence-corrected chi connectivity index (χ1v) is 4.73. The Balaban J connectivity index is 2.19. The molecule has 1 aliphatic heterocycles. The average molecular weight is 189 g/mol. The summed E-state index contributed by atoms with van der Waals surface area (Å²) < 4.78 is 10.3. The average Bonchev–Trinajstić information content (AvgIpc) is 2.04. The van der Waals surface area contributed by atoms with Gasteiger partial charge in [-0.25, -0.2) is 0 Å². The van der Waals surface area contributed by atoms with Crippen molar-refractivity contribution in [2.75, 3.05) is 40.0 Å². The van der Waals surface area contributed by atoms with E-state index in [0.29, 0.717) is 13.2 Å². The van der Waals surface area contributed by atoms with Crippen LogP contribution in [0.4, 0.5) is 0 Å². The first-order chi connectivity index (χ1) is 6.22. The van der Waals surface area contributed by atoms with Crippen molar-refractivity contribution >= 4 is 0 Å². The fourth-order valence-corrected chi connectivity index (χ4v) is 1.60. The summed E-state index contributed by atoms with van der Waals surface area (Å²) in [6, 6.07) is 0. The minimum Gasteiger partial charge on any atom is -0.389 e. The molecule has 1 heterocycles. The van der Waals surface area contributed by atoms with Crippen LogP contribution >= 0.6 is 0 Å². The molecule has 13 heavy (non-hydrogen) atoms. The van der Waals surface area contributed by atoms with E-state index in [4.69, 9.17) is 9.47 Å². The topological polar surface area (TPSA) is 41.9 Å². The largest absolute Gasteiger partial charge is 0.389 e. The molecule has 1 aliphatic rings. The van der Waals surface area contributed by atoms with Crippen LogP contribution in [0.25, 0.3) is 0 Å². The van der Waals surface area contributed by atoms with Gasteiger partial charge in [-0.2, -0.15) is 0 Å². The number of nitrogens with zero attached hydrogens (tertiary/aromatic N) is 1. The monoisotopic (exact) mass is 189 g/mol. The van der Waals surface area contributed by atoms with Gasteiger partial charge in [-0.05, 0) is 6.92 Å². The molecule has 0 amide bonds. The van der Waals surface area contributed by atoms with Gasteiger partial charge in [0.1, 0.15) is 0 Å². The molecule has 0 bridgehead atoms. The molecule has 0 saturated carbocycles. The Morgan fingerprint density at radius 1 is 1.69 bits per heavy atom. The van der Waals surface area contributed by atoms with Gasteiger partial charge in [0.2, 0.25) is 0 Å². The van der Waals surface area contributed by atoms with E-state index >= 15 is 0 Å². The molecule has 1 rings (SSSR count). The van der Waals surface area contributed by atoms with Crippen LogP contribution in [-0.4, -0.2) is 62.2 Å². The van der Waals surface area contributed by atoms with Crippen LogP contribution in [0, 0.1) is 0 Å². The van der Waals surface area contributed by atoms with Crippen LogP contribution in [0.5, 0.6) is 0 Å². The zero-order valence-corrected chi connectivity index (χ0v) is 8.40. The standard InChI is InChI=1S/C9H19NO3/c1-8-5-10(3-4-13-8)6-9(11)7-12-2/h8-9,11H,3-7H2,1-2H3. The summed E-state index contributed by atoms with van der Waals surface area (Å²) in [4.78, 5) is 2.21. The quantitative estimate of drug-likeness (QED) is 0.660. The van der Waals surface area contributed by atoms with Gasteiger partial charge in [0.05, 0.1) is 25.4 Å². The lowest BCUT2D eigenvalue weighted by Crippen LogP contribution is -2.45. The summed E-state index contributed by atoms with van der Waals surface area (Å²) in [6.07, 6.45) is -0.0983. The van der Waals surface area contributed by atoms with Crippen LogP contribution in [-0.2, 0) is 9.47 Å². The van der Waals surface area contributed by atoms with Crippen LogP contribution in [0.2, 0.25) is 0 Å². The zero-order chi connectivity index (χ0) is 9.68. The van der Waals surface area contributed by atoms with Crippen LogP contribution in [0.15, 0.2) is 0 Å². The minimum absolute atomic E-state index is 0.281. The van der Waals surface area contributed by atoms with E-state index in [0.717, 1.165) is 19.7 Å². The highest BCUT2D eigenvalue weighted by Gasteiger charge is 2.18. The molecule has 1 saturated heterocycles. The summed E-state index contributed by atoms with van der Waals surface area (Å²) in [6.45, 7) is 5.72. The summed E-state index contributed by atoms with van der Waals surface area (Å²) in [5, 5.41) is 9.48. The van der Waals surface area contributed by atoms with Crippen LogP contribution < -0.4 is 0 Å². The Bertz CT molecular complexity index is 143. The molecule has 0 radical (unpaired) electrons. The van der Waals surface area contributed by atoms with Gasteiger partial charge in [0, 0.05) is 26.7 Å². The molecule has 78 valence electrons. The molecule has 1 N–H and O–H groups in total. The first kappa shape index (κ1) is 10.9. The summed E-state index contributed by atoms with van der Waals surface area (Å²) in [5.41, 5.74) is 0. The van der Waals surface area contributed by atoms with E-state index in [2.05, 4.69) is 11.8 Å². The van der Waals surface area contributed by atoms with E-state index in [1.54, 1.807) is 7.11 Å². The smallest absolute Gasteiger partial charge is 0.0900 e. The van der Waals surface area contributed by atoms with Crippen molar-refractivity contribution in [1.29, 1.82) is 0 Å². The summed E-state index contributed by atoms with van der Waals surface area (Å²) in [7, 11) is 1.60. The number of aliphatic hydroxyl groups is 1. The number of hydrogen-bond donors (Lipinski definition) is 1. The third kappa shape index (κ3) is 4.04. The molecular weight excluding hydrogens is 170 g/mol. The second-order valence-electron chi connectivity index (χ2n) is 3.55. The van der Waals surface area contributed by atoms with Crippen LogP contribution in [0.3, 0.4) is 0 Å². The van der Waals surface area contributed by atoms with Gasteiger partial charge in [0.15, 0.2) is 0 Å². The molecule has 1 fully saturated rings. The molecule has 0 aromatic rings. The van der Waals surface area contributed by atoms with Gasteiger partial charge >= 0.3 is 0 Å². The number of methoxy groups -OCH3 is 1. The molecule has 2 unspecified atom stereocenters. The van der Waals surface area contributed by atoms with Crippen molar-refractivity contribution in [3.63, 3.8) is 0 Å². The van der Waals surface area contributed by atoms with Crippen molar-refractivity contribution in [2.45, 2.75) is 19.1 Å². The maximum atomic E-state index is 9.48. The third-order valence-corrected chi connectivity index (χ3v) is 2.15. The number of rotatable bonds is 4. The fourth-order valence-electron chi connectivity index (χ4n) is 1.60. The third-order valence-electron chi connectivity index (χ3n) is 2.15. The molecule has 0 aliphatic carbocycles. The lowest BCUT2D eigenvalue weighted by Gasteiger charge is -2.32. The number of ether oxygens (including phenoxy) is 2. The summed E-state index contributed by atoms with van der Waals surface area (Å²) >= 11 is 0. The zero-order valence-electron chi connectivity index (χ0n) is 8.40. The van der Waals surface area contributed by atoms with Gasteiger partial charge in [0.25, 0.3) is 0 Å². The fraction of sp³-hybridized carbons (Fsp3) is 1.00. The highest BCUT2D eigenvalue weighted by molar-refractivity contribution is 4.70. The van der Waals surface area contributed by atoms with Gasteiger partial charge < -0.3 is 14.6 Å². The maximum absolute atomic E-state index is 9.48. The maximum Gasteiger partial charge on any atom is 0.0900 e. The van der Waals surface area contributed by atoms with Gasteiger partial charge in [-0.15, -0.1) is 0 Å². The second-order valence-corrected chi connectivity index (χ2v) is 3.55. The minimum atomic E-state index is -0.379. The lowest BCUT2D eigenvalue weighted by atomic mass is 10.2. The Morgan fingerprint density at radius 3 is 3.08 bits per heavy atom. The Morgan fingerprint density at radius 2 is 2.46 bits per heavy atom. The van der Waals surface area contributed by atoms with Crippen LogP contribution in [0.1, 0.15) is 6.92 Å². The molecule has 4 nitrogen and oxygen atoms in total. The van der Waals surface area contributed by atoms with E-state index < -0.39 is 0 Å². The van der Waals surface area contributed by atoms with Crippen molar-refractivity contribution in [3.8, 4) is 0 Å². The number of morpholine rings is 1. The highest BCUT2D eigenvalue weighted by Crippen LogP contribution is 2.04. The Labute approximate surface area is 79.4 Å². The van der Waals surface area contributed by atoms with Crippen molar-refractivity contribution in [1.82, 2.24) is 4.90 Å². The predicted molar refractivity (Wildman–Crippen MR) is 49.7 cm³/mol. The number of hydrogen-bond acceptors (Lipinski definition) is 4. The van der Waals surface area contributed by atoms with Crippen molar-refractivity contribution < 1.29 is 14.6 Å². The molecule has 0 spiro atoms. The van der Waals surface area contributed by atoms with Crippen molar-refractivity contribution in [2.24, 2.45) is 0 Å². The second kappa shape index (κ2) is 5.54. The molecule has 0 aromatic carbocycles. The predicted octanol–water partition coefficient (Wildman–Crippen LogP) is -0.286. The van der Waals surface area contributed by atoms with Crippen molar-refractivity contribution in [3.05, 3.63) is 0 Å². The van der Waals surface area contributed by atoms with Gasteiger partial charge in [-0.3, -0.25) is 4.90 Å². The highest BCUT2D eigenvalue weighted by atomic mass is 16.5. The lowest BCUT2D eigenvalue weighted by molar-refractivity contribution is -0.0403. The Kier molecular flexibility index (Phi) is 4.66. The first-order valence-electron chi connectivity index (χ1n) is 4.73. The molecule has 2 atom stereocenters. The Hall–Kier alpha value is -0.160. The van der Waals surface area contributed by atoms with E-state index in [9.17, 15) is 5.11 Å². The van der Waals surface area contributed by atoms with E-state index in [1.807, 2.05) is 0 Å². The normalized spacial score (nSPS) is 27.5. The molecular formula is C9H19NO3. The SMILES string of the molecule is COCC(O)CN1CCOC(C)C1. The van der Waals surface area contributed by atoms with E-state index in [-0.39, 0.29) is 12.2 Å². The number of aliphatic hydroxyl groups excluding tert-OH is 1. The molecule has 0 aromatic heterocycles. The van der Waals surface area contributed by atoms with E-state index in [1.165, 1.54) is 0 Å². The number of β-amino-alcohol motifs (C(OH)–C–C–N with tert-alkyl or cyclic N) is 1.